The summed E-state index contributed by atoms with van der Waals surface area (Å²) in [5.41, 5.74) is 8.16. The van der Waals surface area contributed by atoms with Crippen molar-refractivity contribution in [1.29, 1.82) is 0 Å². The minimum absolute atomic E-state index is 0. The number of carbonyl (C=O) groups is 1. The van der Waals surface area contributed by atoms with Crippen molar-refractivity contribution in [2.75, 3.05) is 13.1 Å². The summed E-state index contributed by atoms with van der Waals surface area (Å²) in [6, 6.07) is 8.16. The Morgan fingerprint density at radius 3 is 2.80 bits per heavy atom. The first-order valence-electron chi connectivity index (χ1n) is 7.26. The van der Waals surface area contributed by atoms with E-state index in [1.165, 1.54) is 12.8 Å². The fraction of sp³-hybridized carbons (Fsp3) is 0.562. The fourth-order valence-electron chi connectivity index (χ4n) is 3.64. The van der Waals surface area contributed by atoms with Crippen LogP contribution in [0.5, 0.6) is 0 Å². The van der Waals surface area contributed by atoms with E-state index in [0.29, 0.717) is 11.8 Å². The Morgan fingerprint density at radius 1 is 1.30 bits per heavy atom. The number of hydrogen-bond donors (Lipinski definition) is 1. The Kier molecular flexibility index (Phi) is 4.71. The Balaban J connectivity index is 0.00000147. The third-order valence-electron chi connectivity index (χ3n) is 4.71. The van der Waals surface area contributed by atoms with Crippen LogP contribution in [0, 0.1) is 18.8 Å². The van der Waals surface area contributed by atoms with Gasteiger partial charge in [0.05, 0.1) is 0 Å². The van der Waals surface area contributed by atoms with Gasteiger partial charge < -0.3 is 10.6 Å². The molecule has 3 rings (SSSR count). The van der Waals surface area contributed by atoms with Crippen LogP contribution in [-0.2, 0) is 0 Å². The molecule has 3 unspecified atom stereocenters. The standard InChI is InChI=1S/C16H22N2O.ClH/c1-11-4-2-5-12(8-11)16(19)18-9-13-6-3-7-15(17)14(13)10-18;/h2,4-5,8,13-15H,3,6-7,9-10,17H2,1H3;1H. The third-order valence-corrected chi connectivity index (χ3v) is 4.71. The van der Waals surface area contributed by atoms with Crippen molar-refractivity contribution in [2.45, 2.75) is 32.2 Å². The first-order chi connectivity index (χ1) is 9.15. The number of amides is 1. The zero-order chi connectivity index (χ0) is 13.4. The molecule has 1 saturated carbocycles. The first-order valence-corrected chi connectivity index (χ1v) is 7.26. The third kappa shape index (κ3) is 2.84. The molecular formula is C16H23ClN2O. The maximum Gasteiger partial charge on any atom is 0.253 e. The van der Waals surface area contributed by atoms with Gasteiger partial charge in [-0.3, -0.25) is 4.79 Å². The van der Waals surface area contributed by atoms with E-state index in [9.17, 15) is 4.79 Å². The molecule has 4 heteroatoms. The van der Waals surface area contributed by atoms with Crippen molar-refractivity contribution < 1.29 is 4.79 Å². The van der Waals surface area contributed by atoms with Gasteiger partial charge in [-0.2, -0.15) is 0 Å². The van der Waals surface area contributed by atoms with Gasteiger partial charge in [0.25, 0.3) is 5.91 Å². The van der Waals surface area contributed by atoms with E-state index in [-0.39, 0.29) is 24.4 Å². The fourth-order valence-corrected chi connectivity index (χ4v) is 3.64. The van der Waals surface area contributed by atoms with Gasteiger partial charge in [-0.25, -0.2) is 0 Å². The van der Waals surface area contributed by atoms with E-state index < -0.39 is 0 Å². The first kappa shape index (κ1) is 15.3. The Labute approximate surface area is 126 Å². The number of hydrogen-bond acceptors (Lipinski definition) is 2. The summed E-state index contributed by atoms with van der Waals surface area (Å²) < 4.78 is 0. The van der Waals surface area contributed by atoms with Crippen molar-refractivity contribution in [3.63, 3.8) is 0 Å². The average molecular weight is 295 g/mol. The van der Waals surface area contributed by atoms with Gasteiger partial charge in [0.15, 0.2) is 0 Å². The smallest absolute Gasteiger partial charge is 0.253 e. The Hall–Kier alpha value is -1.06. The molecule has 1 heterocycles. The lowest BCUT2D eigenvalue weighted by atomic mass is 9.78. The predicted octanol–water partition coefficient (Wildman–Crippen LogP) is 2.62. The highest BCUT2D eigenvalue weighted by atomic mass is 35.5. The number of fused-ring (bicyclic) bond motifs is 1. The molecule has 3 atom stereocenters. The highest BCUT2D eigenvalue weighted by molar-refractivity contribution is 5.94. The topological polar surface area (TPSA) is 46.3 Å². The van der Waals surface area contributed by atoms with E-state index in [1.807, 2.05) is 36.1 Å². The summed E-state index contributed by atoms with van der Waals surface area (Å²) in [7, 11) is 0. The van der Waals surface area contributed by atoms with Crippen LogP contribution in [0.4, 0.5) is 0 Å². The normalized spacial score (nSPS) is 28.7. The lowest BCUT2D eigenvalue weighted by molar-refractivity contribution is 0.0783. The van der Waals surface area contributed by atoms with Crippen molar-refractivity contribution in [3.8, 4) is 0 Å². The average Bonchev–Trinajstić information content (AvgIpc) is 2.83. The summed E-state index contributed by atoms with van der Waals surface area (Å²) in [6.07, 6.45) is 3.57. The number of nitrogens with two attached hydrogens (primary N) is 1. The molecule has 0 aromatic heterocycles. The van der Waals surface area contributed by atoms with Crippen LogP contribution in [-0.4, -0.2) is 29.9 Å². The van der Waals surface area contributed by atoms with E-state index in [2.05, 4.69) is 0 Å². The molecule has 3 nitrogen and oxygen atoms in total. The second-order valence-electron chi connectivity index (χ2n) is 6.10. The van der Waals surface area contributed by atoms with Gasteiger partial charge >= 0.3 is 0 Å². The molecule has 2 N–H and O–H groups in total. The summed E-state index contributed by atoms with van der Waals surface area (Å²) in [5.74, 6) is 1.31. The van der Waals surface area contributed by atoms with Crippen molar-refractivity contribution in [3.05, 3.63) is 35.4 Å². The summed E-state index contributed by atoms with van der Waals surface area (Å²) >= 11 is 0. The number of halogens is 1. The van der Waals surface area contributed by atoms with E-state index in [4.69, 9.17) is 5.73 Å². The molecule has 1 aliphatic carbocycles. The molecular weight excluding hydrogens is 272 g/mol. The van der Waals surface area contributed by atoms with Gasteiger partial charge in [0.2, 0.25) is 0 Å². The lowest BCUT2D eigenvalue weighted by Crippen LogP contribution is -2.38. The minimum atomic E-state index is 0. The van der Waals surface area contributed by atoms with E-state index >= 15 is 0 Å². The van der Waals surface area contributed by atoms with Gasteiger partial charge in [0, 0.05) is 24.7 Å². The zero-order valence-corrected chi connectivity index (χ0v) is 12.7. The number of nitrogens with zero attached hydrogens (tertiary/aromatic N) is 1. The SMILES string of the molecule is Cc1cccc(C(=O)N2CC3CCCC(N)C3C2)c1.Cl. The molecule has 2 aliphatic rings. The molecule has 110 valence electrons. The highest BCUT2D eigenvalue weighted by Gasteiger charge is 2.40. The van der Waals surface area contributed by atoms with Crippen molar-refractivity contribution >= 4 is 18.3 Å². The zero-order valence-electron chi connectivity index (χ0n) is 11.9. The number of likely N-dealkylation sites (tertiary alicyclic amines) is 1. The molecule has 0 bridgehead atoms. The van der Waals surface area contributed by atoms with Crippen LogP contribution >= 0.6 is 12.4 Å². The summed E-state index contributed by atoms with van der Waals surface area (Å²) in [5, 5.41) is 0. The molecule has 0 spiro atoms. The summed E-state index contributed by atoms with van der Waals surface area (Å²) in [6.45, 7) is 3.76. The van der Waals surface area contributed by atoms with Crippen LogP contribution < -0.4 is 5.73 Å². The van der Waals surface area contributed by atoms with Crippen LogP contribution in [0.15, 0.2) is 24.3 Å². The number of aryl methyl sites for hydroxylation is 1. The van der Waals surface area contributed by atoms with Gasteiger partial charge in [0.1, 0.15) is 0 Å². The largest absolute Gasteiger partial charge is 0.338 e. The summed E-state index contributed by atoms with van der Waals surface area (Å²) in [4.78, 5) is 14.5. The van der Waals surface area contributed by atoms with Crippen molar-refractivity contribution in [1.82, 2.24) is 4.90 Å². The quantitative estimate of drug-likeness (QED) is 0.865. The monoisotopic (exact) mass is 294 g/mol. The van der Waals surface area contributed by atoms with Gasteiger partial charge in [-0.15, -0.1) is 12.4 Å². The Morgan fingerprint density at radius 2 is 2.10 bits per heavy atom. The second-order valence-corrected chi connectivity index (χ2v) is 6.10. The highest BCUT2D eigenvalue weighted by Crippen LogP contribution is 2.36. The predicted molar refractivity (Wildman–Crippen MR) is 83.1 cm³/mol. The molecule has 2 fully saturated rings. The Bertz CT molecular complexity index is 491. The minimum Gasteiger partial charge on any atom is -0.338 e. The van der Waals surface area contributed by atoms with Crippen LogP contribution in [0.1, 0.15) is 35.2 Å². The molecule has 1 amide bonds. The van der Waals surface area contributed by atoms with E-state index in [1.54, 1.807) is 0 Å². The molecule has 1 aliphatic heterocycles. The second kappa shape index (κ2) is 6.15. The van der Waals surface area contributed by atoms with Crippen molar-refractivity contribution in [2.24, 2.45) is 17.6 Å². The van der Waals surface area contributed by atoms with Crippen LogP contribution in [0.3, 0.4) is 0 Å². The van der Waals surface area contributed by atoms with E-state index in [0.717, 1.165) is 30.6 Å². The van der Waals surface area contributed by atoms with Crippen LogP contribution in [0.2, 0.25) is 0 Å². The maximum atomic E-state index is 12.5. The maximum absolute atomic E-state index is 12.5. The molecule has 1 aromatic rings. The van der Waals surface area contributed by atoms with Gasteiger partial charge in [-0.05, 0) is 43.7 Å². The number of carbonyl (C=O) groups excluding carboxylic acids is 1. The number of benzene rings is 1. The molecule has 1 aromatic carbocycles. The molecule has 0 radical (unpaired) electrons. The van der Waals surface area contributed by atoms with Crippen LogP contribution in [0.25, 0.3) is 0 Å². The lowest BCUT2D eigenvalue weighted by Gasteiger charge is -2.29. The number of rotatable bonds is 1. The molecule has 1 saturated heterocycles. The van der Waals surface area contributed by atoms with Gasteiger partial charge in [-0.1, -0.05) is 24.1 Å². The molecule has 20 heavy (non-hydrogen) atoms.